The van der Waals surface area contributed by atoms with Gasteiger partial charge in [0, 0.05) is 28.1 Å². The van der Waals surface area contributed by atoms with Crippen molar-refractivity contribution in [3.05, 3.63) is 33.3 Å². The molecular formula is C15H22BrClN2. The predicted octanol–water partition coefficient (Wildman–Crippen LogP) is 4.22. The Morgan fingerprint density at radius 1 is 1.47 bits per heavy atom. The van der Waals surface area contributed by atoms with Gasteiger partial charge in [-0.2, -0.15) is 0 Å². The van der Waals surface area contributed by atoms with Gasteiger partial charge in [-0.1, -0.05) is 41.4 Å². The van der Waals surface area contributed by atoms with Crippen molar-refractivity contribution in [3.8, 4) is 0 Å². The summed E-state index contributed by atoms with van der Waals surface area (Å²) in [5.41, 5.74) is 7.27. The van der Waals surface area contributed by atoms with E-state index in [0.29, 0.717) is 18.5 Å². The van der Waals surface area contributed by atoms with Crippen molar-refractivity contribution in [2.75, 3.05) is 13.1 Å². The van der Waals surface area contributed by atoms with E-state index < -0.39 is 0 Å². The van der Waals surface area contributed by atoms with Crippen LogP contribution in [0.1, 0.15) is 38.3 Å². The average Bonchev–Trinajstić information content (AvgIpc) is 2.84. The minimum atomic E-state index is 0.253. The number of nitrogens with two attached hydrogens (primary N) is 1. The van der Waals surface area contributed by atoms with Crippen molar-refractivity contribution < 1.29 is 0 Å². The van der Waals surface area contributed by atoms with Crippen LogP contribution in [0.5, 0.6) is 0 Å². The molecule has 1 fully saturated rings. The molecule has 0 aromatic heterocycles. The third kappa shape index (κ3) is 3.33. The summed E-state index contributed by atoms with van der Waals surface area (Å²) in [6.07, 6.45) is 2.53. The molecule has 1 aliphatic heterocycles. The van der Waals surface area contributed by atoms with Gasteiger partial charge in [-0.25, -0.2) is 0 Å². The average molecular weight is 346 g/mol. The van der Waals surface area contributed by atoms with Crippen LogP contribution < -0.4 is 5.73 Å². The second-order valence-electron chi connectivity index (χ2n) is 5.61. The SMILES string of the molecule is CC(C)C1CCCN1C(CN)c1cc(Cl)ccc1Br. The summed E-state index contributed by atoms with van der Waals surface area (Å²) in [7, 11) is 0. The van der Waals surface area contributed by atoms with Crippen molar-refractivity contribution >= 4 is 27.5 Å². The van der Waals surface area contributed by atoms with Crippen LogP contribution in [0.4, 0.5) is 0 Å². The summed E-state index contributed by atoms with van der Waals surface area (Å²) in [5.74, 6) is 0.662. The lowest BCUT2D eigenvalue weighted by Crippen LogP contribution is -2.40. The molecule has 1 aliphatic rings. The van der Waals surface area contributed by atoms with Gasteiger partial charge in [0.1, 0.15) is 0 Å². The summed E-state index contributed by atoms with van der Waals surface area (Å²) in [6.45, 7) is 6.35. The van der Waals surface area contributed by atoms with Crippen LogP contribution in [0.15, 0.2) is 22.7 Å². The molecule has 0 bridgehead atoms. The topological polar surface area (TPSA) is 29.3 Å². The molecule has 2 unspecified atom stereocenters. The van der Waals surface area contributed by atoms with Crippen LogP contribution in [0.3, 0.4) is 0 Å². The monoisotopic (exact) mass is 344 g/mol. The Hall–Kier alpha value is -0.0900. The van der Waals surface area contributed by atoms with E-state index in [4.69, 9.17) is 17.3 Å². The zero-order valence-corrected chi connectivity index (χ0v) is 13.9. The first-order valence-corrected chi connectivity index (χ1v) is 8.12. The fourth-order valence-electron chi connectivity index (χ4n) is 3.13. The van der Waals surface area contributed by atoms with E-state index in [-0.39, 0.29) is 6.04 Å². The molecule has 0 aliphatic carbocycles. The van der Waals surface area contributed by atoms with Crippen molar-refractivity contribution in [2.24, 2.45) is 11.7 Å². The minimum absolute atomic E-state index is 0.253. The molecule has 0 amide bonds. The van der Waals surface area contributed by atoms with E-state index in [2.05, 4.69) is 34.7 Å². The van der Waals surface area contributed by atoms with Crippen molar-refractivity contribution in [3.63, 3.8) is 0 Å². The minimum Gasteiger partial charge on any atom is -0.329 e. The van der Waals surface area contributed by atoms with Gasteiger partial charge in [-0.05, 0) is 49.1 Å². The lowest BCUT2D eigenvalue weighted by Gasteiger charge is -2.35. The van der Waals surface area contributed by atoms with Crippen LogP contribution in [0.2, 0.25) is 5.02 Å². The van der Waals surface area contributed by atoms with Crippen LogP contribution in [-0.2, 0) is 0 Å². The van der Waals surface area contributed by atoms with Crippen molar-refractivity contribution in [1.29, 1.82) is 0 Å². The second-order valence-corrected chi connectivity index (χ2v) is 6.90. The molecular weight excluding hydrogens is 324 g/mol. The third-order valence-electron chi connectivity index (χ3n) is 4.05. The number of benzene rings is 1. The fraction of sp³-hybridized carbons (Fsp3) is 0.600. The molecule has 1 aromatic carbocycles. The standard InChI is InChI=1S/C15H22BrClN2/c1-10(2)14-4-3-7-19(14)15(9-18)12-8-11(17)5-6-13(12)16/h5-6,8,10,14-15H,3-4,7,9,18H2,1-2H3. The Morgan fingerprint density at radius 3 is 2.84 bits per heavy atom. The van der Waals surface area contributed by atoms with Crippen LogP contribution in [0, 0.1) is 5.92 Å². The Labute approximate surface area is 129 Å². The van der Waals surface area contributed by atoms with E-state index >= 15 is 0 Å². The van der Waals surface area contributed by atoms with Crippen LogP contribution >= 0.6 is 27.5 Å². The summed E-state index contributed by atoms with van der Waals surface area (Å²) in [6, 6.07) is 6.84. The molecule has 2 atom stereocenters. The number of halogens is 2. The highest BCUT2D eigenvalue weighted by Crippen LogP contribution is 2.36. The maximum Gasteiger partial charge on any atom is 0.0485 e. The first-order chi connectivity index (χ1) is 9.04. The molecule has 19 heavy (non-hydrogen) atoms. The zero-order chi connectivity index (χ0) is 14.0. The Balaban J connectivity index is 2.31. The van der Waals surface area contributed by atoms with Gasteiger partial charge in [0.2, 0.25) is 0 Å². The highest BCUT2D eigenvalue weighted by Gasteiger charge is 2.33. The van der Waals surface area contributed by atoms with Crippen molar-refractivity contribution in [2.45, 2.75) is 38.8 Å². The van der Waals surface area contributed by atoms with Crippen LogP contribution in [-0.4, -0.2) is 24.0 Å². The van der Waals surface area contributed by atoms with E-state index in [1.807, 2.05) is 18.2 Å². The molecule has 106 valence electrons. The first kappa shape index (κ1) is 15.3. The normalized spacial score (nSPS) is 22.1. The highest BCUT2D eigenvalue weighted by molar-refractivity contribution is 9.10. The lowest BCUT2D eigenvalue weighted by molar-refractivity contribution is 0.149. The maximum atomic E-state index is 6.14. The van der Waals surface area contributed by atoms with E-state index in [9.17, 15) is 0 Å². The quantitative estimate of drug-likeness (QED) is 0.885. The lowest BCUT2D eigenvalue weighted by atomic mass is 9.98. The first-order valence-electron chi connectivity index (χ1n) is 6.95. The van der Waals surface area contributed by atoms with E-state index in [0.717, 1.165) is 16.0 Å². The van der Waals surface area contributed by atoms with Gasteiger partial charge >= 0.3 is 0 Å². The largest absolute Gasteiger partial charge is 0.329 e. The predicted molar refractivity (Wildman–Crippen MR) is 85.5 cm³/mol. The zero-order valence-electron chi connectivity index (χ0n) is 11.6. The van der Waals surface area contributed by atoms with Gasteiger partial charge in [-0.3, -0.25) is 4.90 Å². The third-order valence-corrected chi connectivity index (χ3v) is 5.01. The fourth-order valence-corrected chi connectivity index (χ4v) is 3.82. The number of hydrogen-bond donors (Lipinski definition) is 1. The maximum absolute atomic E-state index is 6.14. The Bertz CT molecular complexity index is 436. The molecule has 1 saturated heterocycles. The Kier molecular flexibility index (Phi) is 5.29. The van der Waals surface area contributed by atoms with Gasteiger partial charge < -0.3 is 5.73 Å². The van der Waals surface area contributed by atoms with Crippen LogP contribution in [0.25, 0.3) is 0 Å². The summed E-state index contributed by atoms with van der Waals surface area (Å²) >= 11 is 9.78. The summed E-state index contributed by atoms with van der Waals surface area (Å²) in [5, 5.41) is 0.775. The van der Waals surface area contributed by atoms with Gasteiger partial charge in [-0.15, -0.1) is 0 Å². The molecule has 0 saturated carbocycles. The number of nitrogens with zero attached hydrogens (tertiary/aromatic N) is 1. The van der Waals surface area contributed by atoms with Gasteiger partial charge in [0.15, 0.2) is 0 Å². The van der Waals surface area contributed by atoms with E-state index in [1.54, 1.807) is 0 Å². The molecule has 1 heterocycles. The van der Waals surface area contributed by atoms with Gasteiger partial charge in [0.05, 0.1) is 0 Å². The second kappa shape index (κ2) is 6.57. The highest BCUT2D eigenvalue weighted by atomic mass is 79.9. The summed E-state index contributed by atoms with van der Waals surface area (Å²) < 4.78 is 1.10. The number of likely N-dealkylation sites (tertiary alicyclic amines) is 1. The van der Waals surface area contributed by atoms with Crippen molar-refractivity contribution in [1.82, 2.24) is 4.90 Å². The molecule has 2 nitrogen and oxygen atoms in total. The molecule has 0 spiro atoms. The smallest absolute Gasteiger partial charge is 0.0485 e. The Morgan fingerprint density at radius 2 is 2.21 bits per heavy atom. The number of rotatable bonds is 4. The molecule has 2 rings (SSSR count). The molecule has 1 aromatic rings. The van der Waals surface area contributed by atoms with Gasteiger partial charge in [0.25, 0.3) is 0 Å². The van der Waals surface area contributed by atoms with E-state index in [1.165, 1.54) is 18.4 Å². The number of hydrogen-bond acceptors (Lipinski definition) is 2. The molecule has 2 N–H and O–H groups in total. The summed E-state index contributed by atoms with van der Waals surface area (Å²) in [4.78, 5) is 2.56. The molecule has 4 heteroatoms. The molecule has 0 radical (unpaired) electrons.